The van der Waals surface area contributed by atoms with Crippen molar-refractivity contribution in [2.24, 2.45) is 0 Å². The molecular weight excluding hydrogens is 256 g/mol. The van der Waals surface area contributed by atoms with E-state index < -0.39 is 0 Å². The molecule has 0 aliphatic carbocycles. The molecule has 0 radical (unpaired) electrons. The Morgan fingerprint density at radius 2 is 2.35 bits per heavy atom. The maximum atomic E-state index is 12.1. The number of rotatable bonds is 3. The zero-order valence-electron chi connectivity index (χ0n) is 11.0. The van der Waals surface area contributed by atoms with Crippen molar-refractivity contribution in [2.45, 2.75) is 13.5 Å². The highest BCUT2D eigenvalue weighted by molar-refractivity contribution is 5.96. The topological polar surface area (TPSA) is 90.9 Å². The van der Waals surface area contributed by atoms with E-state index in [0.29, 0.717) is 17.7 Å². The third-order valence-corrected chi connectivity index (χ3v) is 2.74. The summed E-state index contributed by atoms with van der Waals surface area (Å²) in [5.41, 5.74) is 2.76. The molecule has 1 amide bonds. The van der Waals surface area contributed by atoms with E-state index in [0.717, 1.165) is 11.3 Å². The van der Waals surface area contributed by atoms with Gasteiger partial charge in [0, 0.05) is 30.2 Å². The van der Waals surface area contributed by atoms with Crippen LogP contribution in [0.15, 0.2) is 24.7 Å². The molecule has 102 valence electrons. The number of aliphatic hydroxyl groups is 1. The second-order valence-corrected chi connectivity index (χ2v) is 4.08. The molecule has 0 fully saturated rings. The molecule has 6 heteroatoms. The van der Waals surface area contributed by atoms with Gasteiger partial charge < -0.3 is 10.4 Å². The number of carbonyl (C=O) groups is 1. The van der Waals surface area contributed by atoms with Gasteiger partial charge in [-0.1, -0.05) is 11.8 Å². The highest BCUT2D eigenvalue weighted by Crippen LogP contribution is 2.07. The minimum atomic E-state index is -0.260. The lowest BCUT2D eigenvalue weighted by atomic mass is 10.1. The van der Waals surface area contributed by atoms with Crippen LogP contribution in [0.25, 0.3) is 0 Å². The number of aromatic nitrogens is 3. The van der Waals surface area contributed by atoms with Crippen LogP contribution < -0.4 is 5.32 Å². The van der Waals surface area contributed by atoms with Gasteiger partial charge in [0.15, 0.2) is 0 Å². The average molecular weight is 270 g/mol. The number of aryl methyl sites for hydroxylation is 1. The molecule has 2 aromatic rings. The number of hydrogen-bond acceptors (Lipinski definition) is 4. The number of amides is 1. The van der Waals surface area contributed by atoms with Crippen molar-refractivity contribution in [1.29, 1.82) is 0 Å². The number of aromatic amines is 1. The van der Waals surface area contributed by atoms with Crippen molar-refractivity contribution in [2.75, 3.05) is 6.61 Å². The number of H-pyrrole nitrogens is 1. The van der Waals surface area contributed by atoms with Gasteiger partial charge in [-0.05, 0) is 13.0 Å². The second kappa shape index (κ2) is 6.50. The van der Waals surface area contributed by atoms with Crippen LogP contribution in [-0.4, -0.2) is 32.8 Å². The van der Waals surface area contributed by atoms with Gasteiger partial charge in [-0.3, -0.25) is 14.9 Å². The smallest absolute Gasteiger partial charge is 0.252 e. The summed E-state index contributed by atoms with van der Waals surface area (Å²) < 4.78 is 0. The number of carbonyl (C=O) groups excluding carboxylic acids is 1. The first-order valence-electron chi connectivity index (χ1n) is 6.03. The van der Waals surface area contributed by atoms with Crippen molar-refractivity contribution in [3.05, 3.63) is 47.0 Å². The molecule has 0 aromatic carbocycles. The molecule has 0 saturated heterocycles. The predicted molar refractivity (Wildman–Crippen MR) is 72.7 cm³/mol. The van der Waals surface area contributed by atoms with Crippen LogP contribution in [0.4, 0.5) is 0 Å². The molecule has 20 heavy (non-hydrogen) atoms. The van der Waals surface area contributed by atoms with Crippen molar-refractivity contribution < 1.29 is 9.90 Å². The summed E-state index contributed by atoms with van der Waals surface area (Å²) in [6.07, 6.45) is 4.71. The van der Waals surface area contributed by atoms with E-state index in [1.54, 1.807) is 12.3 Å². The third kappa shape index (κ3) is 3.22. The molecule has 0 saturated carbocycles. The Bertz CT molecular complexity index is 667. The zero-order chi connectivity index (χ0) is 14.4. The van der Waals surface area contributed by atoms with E-state index in [2.05, 4.69) is 32.3 Å². The lowest BCUT2D eigenvalue weighted by molar-refractivity contribution is 0.0950. The summed E-state index contributed by atoms with van der Waals surface area (Å²) in [5.74, 6) is 4.98. The molecule has 0 bridgehead atoms. The van der Waals surface area contributed by atoms with E-state index in [1.807, 2.05) is 6.92 Å². The Morgan fingerprint density at radius 3 is 3.05 bits per heavy atom. The van der Waals surface area contributed by atoms with Gasteiger partial charge in [-0.15, -0.1) is 0 Å². The van der Waals surface area contributed by atoms with E-state index in [9.17, 15) is 4.79 Å². The zero-order valence-corrected chi connectivity index (χ0v) is 11.0. The van der Waals surface area contributed by atoms with Crippen molar-refractivity contribution in [1.82, 2.24) is 20.5 Å². The van der Waals surface area contributed by atoms with E-state index in [-0.39, 0.29) is 12.5 Å². The third-order valence-electron chi connectivity index (χ3n) is 2.74. The molecular formula is C14H14N4O2. The molecule has 2 rings (SSSR count). The summed E-state index contributed by atoms with van der Waals surface area (Å²) in [5, 5.41) is 18.2. The standard InChI is InChI=1S/C14H14N4O2/c1-10-12(9-17-18-10)8-16-14(20)13-4-5-15-7-11(13)3-2-6-19/h4-5,7,9,19H,6,8H2,1H3,(H,16,20)(H,17,18). The number of hydrogen-bond donors (Lipinski definition) is 3. The second-order valence-electron chi connectivity index (χ2n) is 4.08. The first-order chi connectivity index (χ1) is 9.72. The van der Waals surface area contributed by atoms with Crippen LogP contribution in [0.2, 0.25) is 0 Å². The number of aliphatic hydroxyl groups excluding tert-OH is 1. The Kier molecular flexibility index (Phi) is 4.47. The summed E-state index contributed by atoms with van der Waals surface area (Å²) in [6, 6.07) is 1.60. The molecule has 0 aliphatic heterocycles. The van der Waals surface area contributed by atoms with Crippen LogP contribution in [0, 0.1) is 18.8 Å². The normalized spacial score (nSPS) is 9.70. The fourth-order valence-corrected chi connectivity index (χ4v) is 1.65. The molecule has 0 atom stereocenters. The van der Waals surface area contributed by atoms with Gasteiger partial charge in [-0.2, -0.15) is 5.10 Å². The summed E-state index contributed by atoms with van der Waals surface area (Å²) in [7, 11) is 0. The van der Waals surface area contributed by atoms with Crippen LogP contribution in [0.5, 0.6) is 0 Å². The average Bonchev–Trinajstić information content (AvgIpc) is 2.88. The summed E-state index contributed by atoms with van der Waals surface area (Å²) >= 11 is 0. The first kappa shape index (κ1) is 13.8. The van der Waals surface area contributed by atoms with Gasteiger partial charge in [-0.25, -0.2) is 0 Å². The van der Waals surface area contributed by atoms with Crippen molar-refractivity contribution in [3.8, 4) is 11.8 Å². The number of nitrogens with one attached hydrogen (secondary N) is 2. The molecule has 6 nitrogen and oxygen atoms in total. The van der Waals surface area contributed by atoms with E-state index >= 15 is 0 Å². The highest BCUT2D eigenvalue weighted by atomic mass is 16.2. The van der Waals surface area contributed by atoms with Gasteiger partial charge in [0.25, 0.3) is 5.91 Å². The monoisotopic (exact) mass is 270 g/mol. The molecule has 3 N–H and O–H groups in total. The van der Waals surface area contributed by atoms with E-state index in [4.69, 9.17) is 5.11 Å². The minimum absolute atomic E-state index is 0.241. The summed E-state index contributed by atoms with van der Waals surface area (Å²) in [6.45, 7) is 2.01. The van der Waals surface area contributed by atoms with Gasteiger partial charge in [0.2, 0.25) is 0 Å². The fourth-order valence-electron chi connectivity index (χ4n) is 1.65. The SMILES string of the molecule is Cc1[nH]ncc1CNC(=O)c1ccncc1C#CCO. The fraction of sp³-hybridized carbons (Fsp3) is 0.214. The predicted octanol–water partition coefficient (Wildman–Crippen LogP) is 0.387. The molecule has 2 aromatic heterocycles. The van der Waals surface area contributed by atoms with Gasteiger partial charge in [0.05, 0.1) is 17.3 Å². The minimum Gasteiger partial charge on any atom is -0.384 e. The van der Waals surface area contributed by atoms with Crippen LogP contribution in [0.1, 0.15) is 27.2 Å². The van der Waals surface area contributed by atoms with Crippen molar-refractivity contribution >= 4 is 5.91 Å². The van der Waals surface area contributed by atoms with Crippen LogP contribution >= 0.6 is 0 Å². The van der Waals surface area contributed by atoms with Crippen molar-refractivity contribution in [3.63, 3.8) is 0 Å². The Morgan fingerprint density at radius 1 is 1.50 bits per heavy atom. The quantitative estimate of drug-likeness (QED) is 0.703. The first-order valence-corrected chi connectivity index (χ1v) is 6.03. The summed E-state index contributed by atoms with van der Waals surface area (Å²) in [4.78, 5) is 16.1. The Labute approximate surface area is 116 Å². The number of nitrogens with zero attached hydrogens (tertiary/aromatic N) is 2. The molecule has 0 spiro atoms. The number of pyridine rings is 1. The lowest BCUT2D eigenvalue weighted by Crippen LogP contribution is -2.24. The van der Waals surface area contributed by atoms with Gasteiger partial charge >= 0.3 is 0 Å². The maximum absolute atomic E-state index is 12.1. The van der Waals surface area contributed by atoms with Crippen LogP contribution in [0.3, 0.4) is 0 Å². The lowest BCUT2D eigenvalue weighted by Gasteiger charge is -2.06. The van der Waals surface area contributed by atoms with Gasteiger partial charge in [0.1, 0.15) is 6.61 Å². The van der Waals surface area contributed by atoms with E-state index in [1.165, 1.54) is 12.4 Å². The van der Waals surface area contributed by atoms with Crippen LogP contribution in [-0.2, 0) is 6.54 Å². The molecule has 0 unspecified atom stereocenters. The molecule has 2 heterocycles. The largest absolute Gasteiger partial charge is 0.384 e. The maximum Gasteiger partial charge on any atom is 0.252 e. The Hall–Kier alpha value is -2.65. The highest BCUT2D eigenvalue weighted by Gasteiger charge is 2.10. The Balaban J connectivity index is 2.11. The molecule has 0 aliphatic rings.